The van der Waals surface area contributed by atoms with Crippen molar-refractivity contribution in [3.63, 3.8) is 0 Å². The number of fused-ring (bicyclic) bond motifs is 1. The van der Waals surface area contributed by atoms with Crippen LogP contribution in [0.3, 0.4) is 0 Å². The van der Waals surface area contributed by atoms with Crippen LogP contribution >= 0.6 is 0 Å². The third-order valence-electron chi connectivity index (χ3n) is 4.60. The van der Waals surface area contributed by atoms with Gasteiger partial charge >= 0.3 is 11.9 Å². The molecule has 3 heterocycles. The number of anilines is 1. The van der Waals surface area contributed by atoms with Crippen molar-refractivity contribution in [1.82, 2.24) is 19.5 Å². The van der Waals surface area contributed by atoms with Gasteiger partial charge in [-0.05, 0) is 0 Å². The third-order valence-corrected chi connectivity index (χ3v) is 4.60. The summed E-state index contributed by atoms with van der Waals surface area (Å²) in [6.07, 6.45) is 4.03. The highest BCUT2D eigenvalue weighted by Crippen LogP contribution is 2.48. The quantitative estimate of drug-likeness (QED) is 0.490. The number of ether oxygens (including phenoxy) is 3. The van der Waals surface area contributed by atoms with Gasteiger partial charge in [0.15, 0.2) is 24.3 Å². The van der Waals surface area contributed by atoms with Crippen LogP contribution in [0, 0.1) is 12.3 Å². The molecule has 2 aromatic rings. The number of carbonyl (C=O) groups excluding carboxylic acids is 2. The summed E-state index contributed by atoms with van der Waals surface area (Å²) in [7, 11) is 0. The molecule has 30 heavy (non-hydrogen) atoms. The summed E-state index contributed by atoms with van der Waals surface area (Å²) in [6.45, 7) is 2.02. The highest BCUT2D eigenvalue weighted by Gasteiger charge is 2.68. The zero-order chi connectivity index (χ0) is 22.1. The monoisotopic (exact) mass is 421 g/mol. The molecule has 1 saturated heterocycles. The average Bonchev–Trinajstić information content (AvgIpc) is 3.26. The molecule has 4 unspecified atom stereocenters. The van der Waals surface area contributed by atoms with Gasteiger partial charge in [0.25, 0.3) is 5.85 Å². The van der Waals surface area contributed by atoms with Crippen molar-refractivity contribution in [1.29, 1.82) is 0 Å². The van der Waals surface area contributed by atoms with Crippen LogP contribution in [0.5, 0.6) is 0 Å². The Kier molecular flexibility index (Phi) is 5.60. The lowest BCUT2D eigenvalue weighted by molar-refractivity contribution is -0.223. The van der Waals surface area contributed by atoms with E-state index >= 15 is 4.39 Å². The first-order valence-electron chi connectivity index (χ1n) is 9.05. The van der Waals surface area contributed by atoms with Crippen molar-refractivity contribution >= 4 is 28.9 Å². The summed E-state index contributed by atoms with van der Waals surface area (Å²) < 4.78 is 32.4. The van der Waals surface area contributed by atoms with Crippen molar-refractivity contribution in [2.24, 2.45) is 0 Å². The first-order chi connectivity index (χ1) is 14.2. The van der Waals surface area contributed by atoms with Gasteiger partial charge in [-0.2, -0.15) is 0 Å². The van der Waals surface area contributed by atoms with Gasteiger partial charge in [0.1, 0.15) is 11.8 Å². The van der Waals surface area contributed by atoms with Crippen LogP contribution in [0.1, 0.15) is 32.9 Å². The van der Waals surface area contributed by atoms with Crippen LogP contribution in [-0.2, 0) is 23.8 Å². The predicted octanol–water partition coefficient (Wildman–Crippen LogP) is 0.242. The number of alkyl halides is 1. The van der Waals surface area contributed by atoms with Gasteiger partial charge in [-0.15, -0.1) is 6.42 Å². The average molecular weight is 421 g/mol. The second-order valence-corrected chi connectivity index (χ2v) is 6.55. The molecule has 12 heteroatoms. The Morgan fingerprint density at radius 2 is 2.07 bits per heavy atom. The molecule has 3 N–H and O–H groups in total. The summed E-state index contributed by atoms with van der Waals surface area (Å²) in [6, 6.07) is 0. The van der Waals surface area contributed by atoms with Crippen LogP contribution in [0.2, 0.25) is 0 Å². The number of aromatic nitrogens is 4. The minimum absolute atomic E-state index is 0.0271. The molecule has 4 atom stereocenters. The Bertz CT molecular complexity index is 1020. The maximum atomic E-state index is 15.9. The van der Waals surface area contributed by atoms with E-state index in [0.717, 1.165) is 10.9 Å². The standard InChI is InChI=1S/C18H20FN5O6/c1-4-10(25)28-7-18(19)15(29-11(26)5-2)17(27,6-3)16(30-18)24-9-23-12-13(20)21-8-22-14(12)24/h3,8-9,15-16,27H,4-5,7H2,1-2H3,(H2,20,21,22). The zero-order valence-corrected chi connectivity index (χ0v) is 16.2. The van der Waals surface area contributed by atoms with E-state index in [-0.39, 0.29) is 29.8 Å². The fraction of sp³-hybridized carbons (Fsp3) is 0.500. The molecular formula is C18H20FN5O6. The number of esters is 2. The number of nitrogen functional groups attached to an aromatic ring is 1. The SMILES string of the molecule is C#CC1(O)C(n2cnc3c(N)ncnc32)OC(F)(COC(=O)CC)C1OC(=O)CC. The van der Waals surface area contributed by atoms with Crippen LogP contribution in [0.15, 0.2) is 12.7 Å². The minimum Gasteiger partial charge on any atom is -0.459 e. The maximum absolute atomic E-state index is 15.9. The third kappa shape index (κ3) is 3.42. The largest absolute Gasteiger partial charge is 0.459 e. The number of imidazole rings is 1. The molecule has 2 aromatic heterocycles. The van der Waals surface area contributed by atoms with E-state index in [0.29, 0.717) is 0 Å². The number of carbonyl (C=O) groups is 2. The number of halogens is 1. The summed E-state index contributed by atoms with van der Waals surface area (Å²) in [5.74, 6) is -2.43. The number of rotatable bonds is 6. The van der Waals surface area contributed by atoms with Gasteiger partial charge in [-0.1, -0.05) is 19.8 Å². The molecule has 3 rings (SSSR count). The summed E-state index contributed by atoms with van der Waals surface area (Å²) >= 11 is 0. The van der Waals surface area contributed by atoms with E-state index in [9.17, 15) is 14.7 Å². The number of hydrogen-bond acceptors (Lipinski definition) is 10. The molecule has 0 aromatic carbocycles. The van der Waals surface area contributed by atoms with E-state index in [2.05, 4.69) is 15.0 Å². The predicted molar refractivity (Wildman–Crippen MR) is 98.9 cm³/mol. The second kappa shape index (κ2) is 7.85. The summed E-state index contributed by atoms with van der Waals surface area (Å²) in [4.78, 5) is 35.3. The van der Waals surface area contributed by atoms with Crippen molar-refractivity contribution in [3.8, 4) is 12.3 Å². The lowest BCUT2D eigenvalue weighted by Crippen LogP contribution is -2.53. The second-order valence-electron chi connectivity index (χ2n) is 6.55. The van der Waals surface area contributed by atoms with Crippen LogP contribution in [0.25, 0.3) is 11.2 Å². The summed E-state index contributed by atoms with van der Waals surface area (Å²) in [5, 5.41) is 11.2. The number of aliphatic hydroxyl groups is 1. The Balaban J connectivity index is 2.09. The minimum atomic E-state index is -2.95. The molecule has 1 aliphatic heterocycles. The zero-order valence-electron chi connectivity index (χ0n) is 16.2. The molecule has 0 radical (unpaired) electrons. The Hall–Kier alpha value is -3.30. The molecule has 0 bridgehead atoms. The highest BCUT2D eigenvalue weighted by atomic mass is 19.2. The van der Waals surface area contributed by atoms with Crippen molar-refractivity contribution in [2.75, 3.05) is 12.3 Å². The lowest BCUT2D eigenvalue weighted by atomic mass is 9.93. The molecule has 1 fully saturated rings. The van der Waals surface area contributed by atoms with Gasteiger partial charge in [-0.3, -0.25) is 14.2 Å². The van der Waals surface area contributed by atoms with Crippen molar-refractivity contribution in [2.45, 2.75) is 50.5 Å². The topological polar surface area (TPSA) is 152 Å². The normalized spacial score (nSPS) is 28.2. The van der Waals surface area contributed by atoms with E-state index < -0.39 is 42.3 Å². The maximum Gasteiger partial charge on any atom is 0.306 e. The van der Waals surface area contributed by atoms with Gasteiger partial charge in [0, 0.05) is 12.8 Å². The molecule has 1 aliphatic rings. The van der Waals surface area contributed by atoms with E-state index in [1.54, 1.807) is 0 Å². The lowest BCUT2D eigenvalue weighted by Gasteiger charge is -2.30. The van der Waals surface area contributed by atoms with E-state index in [4.69, 9.17) is 26.4 Å². The van der Waals surface area contributed by atoms with Crippen molar-refractivity contribution < 1.29 is 33.3 Å². The smallest absolute Gasteiger partial charge is 0.306 e. The molecule has 0 aliphatic carbocycles. The van der Waals surface area contributed by atoms with Crippen LogP contribution in [-0.4, -0.2) is 60.7 Å². The molecular weight excluding hydrogens is 401 g/mol. The number of nitrogens with zero attached hydrogens (tertiary/aromatic N) is 4. The van der Waals surface area contributed by atoms with Gasteiger partial charge in [0.2, 0.25) is 11.7 Å². The number of nitrogens with two attached hydrogens (primary N) is 1. The highest BCUT2D eigenvalue weighted by molar-refractivity contribution is 5.81. The molecule has 11 nitrogen and oxygen atoms in total. The van der Waals surface area contributed by atoms with Gasteiger partial charge < -0.3 is 25.1 Å². The summed E-state index contributed by atoms with van der Waals surface area (Å²) in [5.41, 5.74) is 3.52. The number of hydrogen-bond donors (Lipinski definition) is 2. The first kappa shape index (κ1) is 21.4. The van der Waals surface area contributed by atoms with E-state index in [1.807, 2.05) is 5.92 Å². The molecule has 0 saturated carbocycles. The van der Waals surface area contributed by atoms with Crippen molar-refractivity contribution in [3.05, 3.63) is 12.7 Å². The fourth-order valence-corrected chi connectivity index (χ4v) is 3.04. The van der Waals surface area contributed by atoms with Gasteiger partial charge in [0.05, 0.1) is 6.33 Å². The van der Waals surface area contributed by atoms with E-state index in [1.165, 1.54) is 20.2 Å². The Morgan fingerprint density at radius 1 is 1.37 bits per heavy atom. The first-order valence-corrected chi connectivity index (χ1v) is 9.05. The Labute approximate surface area is 170 Å². The number of terminal acetylenes is 1. The van der Waals surface area contributed by atoms with Crippen LogP contribution in [0.4, 0.5) is 10.2 Å². The Morgan fingerprint density at radius 3 is 2.70 bits per heavy atom. The van der Waals surface area contributed by atoms with Crippen LogP contribution < -0.4 is 5.73 Å². The van der Waals surface area contributed by atoms with Gasteiger partial charge in [-0.25, -0.2) is 19.3 Å². The molecule has 0 spiro atoms. The molecule has 160 valence electrons. The molecule has 0 amide bonds. The fourth-order valence-electron chi connectivity index (χ4n) is 3.04.